The zero-order valence-corrected chi connectivity index (χ0v) is 26.0. The molecular formula is C29H28Cl2N6O6S. The van der Waals surface area contributed by atoms with Crippen molar-refractivity contribution < 1.29 is 28.5 Å². The SMILES string of the molecule is COc1cc(/C=C2\SC(=O)N(Cc3ccc(Cl)cc3Cl)C2=O)ccc1Oc1nc(N2CCOCC2)nc(N2CCOCC2)n1. The standard InChI is InChI=1S/C29H28Cl2N6O6S/c1-40-23-14-18(15-24-25(38)37(29(39)44-24)17-19-3-4-20(30)16-21(19)31)2-5-22(23)43-28-33-26(35-6-10-41-11-7-35)32-27(34-28)36-8-12-42-13-9-36/h2-5,14-16H,6-13,17H2,1H3/b24-15-. The number of aromatic nitrogens is 3. The van der Waals surface area contributed by atoms with Gasteiger partial charge in [-0.1, -0.05) is 35.3 Å². The van der Waals surface area contributed by atoms with Crippen molar-refractivity contribution in [3.05, 3.63) is 62.5 Å². The van der Waals surface area contributed by atoms with Gasteiger partial charge in [-0.05, 0) is 53.2 Å². The Morgan fingerprint density at radius 2 is 1.55 bits per heavy atom. The van der Waals surface area contributed by atoms with Crippen LogP contribution in [0.3, 0.4) is 0 Å². The summed E-state index contributed by atoms with van der Waals surface area (Å²) in [4.78, 5) is 45.2. The molecule has 2 amide bonds. The van der Waals surface area contributed by atoms with Crippen molar-refractivity contribution in [1.29, 1.82) is 0 Å². The number of nitrogens with zero attached hydrogens (tertiary/aromatic N) is 6. The molecule has 0 N–H and O–H groups in total. The maximum atomic E-state index is 13.1. The van der Waals surface area contributed by atoms with Gasteiger partial charge in [0.1, 0.15) is 0 Å². The van der Waals surface area contributed by atoms with Crippen molar-refractivity contribution in [1.82, 2.24) is 19.9 Å². The lowest BCUT2D eigenvalue weighted by Crippen LogP contribution is -2.40. The Balaban J connectivity index is 1.23. The number of thioether (sulfide) groups is 1. The molecule has 3 aromatic rings. The summed E-state index contributed by atoms with van der Waals surface area (Å²) in [6, 6.07) is 10.2. The molecule has 3 fully saturated rings. The third-order valence-electron chi connectivity index (χ3n) is 7.08. The number of anilines is 2. The van der Waals surface area contributed by atoms with E-state index in [-0.39, 0.29) is 22.7 Å². The molecule has 3 saturated heterocycles. The lowest BCUT2D eigenvalue weighted by molar-refractivity contribution is -0.123. The Morgan fingerprint density at radius 3 is 2.16 bits per heavy atom. The van der Waals surface area contributed by atoms with E-state index in [1.54, 1.807) is 42.5 Å². The van der Waals surface area contributed by atoms with E-state index in [0.29, 0.717) is 97.2 Å². The number of imide groups is 1. The third kappa shape index (κ3) is 6.87. The fourth-order valence-electron chi connectivity index (χ4n) is 4.76. The van der Waals surface area contributed by atoms with E-state index in [4.69, 9.17) is 47.1 Å². The normalized spacial score (nSPS) is 18.3. The van der Waals surface area contributed by atoms with Crippen molar-refractivity contribution in [2.24, 2.45) is 0 Å². The number of carbonyl (C=O) groups excluding carboxylic acids is 2. The summed E-state index contributed by atoms with van der Waals surface area (Å²) in [5, 5.41) is 0.467. The first-order valence-corrected chi connectivity index (χ1v) is 15.4. The summed E-state index contributed by atoms with van der Waals surface area (Å²) < 4.78 is 22.7. The number of ether oxygens (including phenoxy) is 4. The first-order valence-electron chi connectivity index (χ1n) is 13.8. The summed E-state index contributed by atoms with van der Waals surface area (Å²) in [6.45, 7) is 4.99. The van der Waals surface area contributed by atoms with Crippen LogP contribution in [-0.2, 0) is 20.8 Å². The van der Waals surface area contributed by atoms with Gasteiger partial charge in [0.15, 0.2) is 11.5 Å². The molecule has 0 spiro atoms. The Hall–Kier alpha value is -3.62. The molecule has 44 heavy (non-hydrogen) atoms. The van der Waals surface area contributed by atoms with Crippen molar-refractivity contribution in [2.75, 3.05) is 69.5 Å². The van der Waals surface area contributed by atoms with E-state index >= 15 is 0 Å². The molecule has 0 bridgehead atoms. The number of methoxy groups -OCH3 is 1. The molecule has 4 heterocycles. The molecule has 3 aliphatic heterocycles. The zero-order chi connectivity index (χ0) is 30.6. The highest BCUT2D eigenvalue weighted by molar-refractivity contribution is 8.18. The quantitative estimate of drug-likeness (QED) is 0.307. The summed E-state index contributed by atoms with van der Waals surface area (Å²) in [5.41, 5.74) is 1.26. The van der Waals surface area contributed by atoms with Gasteiger partial charge >= 0.3 is 6.01 Å². The zero-order valence-electron chi connectivity index (χ0n) is 23.7. The number of carbonyl (C=O) groups is 2. The van der Waals surface area contributed by atoms with E-state index in [1.165, 1.54) is 7.11 Å². The van der Waals surface area contributed by atoms with Crippen LogP contribution < -0.4 is 19.3 Å². The molecule has 1 aromatic heterocycles. The summed E-state index contributed by atoms with van der Waals surface area (Å²) in [7, 11) is 1.52. The minimum Gasteiger partial charge on any atom is -0.493 e. The molecule has 3 aliphatic rings. The van der Waals surface area contributed by atoms with Crippen LogP contribution in [0, 0.1) is 0 Å². The monoisotopic (exact) mass is 658 g/mol. The third-order valence-corrected chi connectivity index (χ3v) is 8.58. The fourth-order valence-corrected chi connectivity index (χ4v) is 6.06. The van der Waals surface area contributed by atoms with Crippen LogP contribution in [0.4, 0.5) is 16.7 Å². The number of benzene rings is 2. The smallest absolute Gasteiger partial charge is 0.328 e. The predicted molar refractivity (Wildman–Crippen MR) is 167 cm³/mol. The van der Waals surface area contributed by atoms with Gasteiger partial charge in [0.05, 0.1) is 45.0 Å². The molecular weight excluding hydrogens is 631 g/mol. The minimum atomic E-state index is -0.415. The minimum absolute atomic E-state index is 0.0406. The number of halogens is 2. The van der Waals surface area contributed by atoms with Crippen LogP contribution in [0.1, 0.15) is 11.1 Å². The van der Waals surface area contributed by atoms with Gasteiger partial charge < -0.3 is 28.7 Å². The Kier molecular flexibility index (Phi) is 9.38. The summed E-state index contributed by atoms with van der Waals surface area (Å²) >= 11 is 13.1. The van der Waals surface area contributed by atoms with E-state index in [9.17, 15) is 9.59 Å². The lowest BCUT2D eigenvalue weighted by Gasteiger charge is -2.30. The Bertz CT molecular complexity index is 1560. The van der Waals surface area contributed by atoms with Crippen LogP contribution in [0.25, 0.3) is 6.08 Å². The Morgan fingerprint density at radius 1 is 0.886 bits per heavy atom. The summed E-state index contributed by atoms with van der Waals surface area (Å²) in [5.74, 6) is 1.37. The first-order chi connectivity index (χ1) is 21.4. The summed E-state index contributed by atoms with van der Waals surface area (Å²) in [6.07, 6.45) is 1.64. The maximum Gasteiger partial charge on any atom is 0.328 e. The van der Waals surface area contributed by atoms with E-state index < -0.39 is 5.91 Å². The van der Waals surface area contributed by atoms with Gasteiger partial charge in [-0.2, -0.15) is 15.0 Å². The van der Waals surface area contributed by atoms with E-state index in [2.05, 4.69) is 9.97 Å². The molecule has 12 nitrogen and oxygen atoms in total. The number of morpholine rings is 2. The largest absolute Gasteiger partial charge is 0.493 e. The van der Waals surface area contributed by atoms with Crippen LogP contribution >= 0.6 is 35.0 Å². The molecule has 0 radical (unpaired) electrons. The molecule has 230 valence electrons. The van der Waals surface area contributed by atoms with Gasteiger partial charge in [0.25, 0.3) is 11.1 Å². The number of rotatable bonds is 8. The number of hydrogen-bond donors (Lipinski definition) is 0. The van der Waals surface area contributed by atoms with Gasteiger partial charge in [-0.3, -0.25) is 14.5 Å². The second-order valence-corrected chi connectivity index (χ2v) is 11.8. The Labute approximate surface area is 267 Å². The van der Waals surface area contributed by atoms with Gasteiger partial charge in [0, 0.05) is 36.2 Å². The van der Waals surface area contributed by atoms with Crippen LogP contribution in [0.5, 0.6) is 17.5 Å². The van der Waals surface area contributed by atoms with Crippen LogP contribution in [0.2, 0.25) is 10.0 Å². The highest BCUT2D eigenvalue weighted by Crippen LogP contribution is 2.37. The van der Waals surface area contributed by atoms with Crippen LogP contribution in [-0.4, -0.2) is 90.7 Å². The predicted octanol–water partition coefficient (Wildman–Crippen LogP) is 4.89. The highest BCUT2D eigenvalue weighted by Gasteiger charge is 2.35. The molecule has 0 aliphatic carbocycles. The maximum absolute atomic E-state index is 13.1. The molecule has 0 unspecified atom stereocenters. The molecule has 2 aromatic carbocycles. The van der Waals surface area contributed by atoms with Crippen molar-refractivity contribution in [3.63, 3.8) is 0 Å². The molecule has 15 heteroatoms. The number of amides is 2. The second kappa shape index (κ2) is 13.6. The topological polar surface area (TPSA) is 119 Å². The van der Waals surface area contributed by atoms with Gasteiger partial charge in [-0.25, -0.2) is 0 Å². The van der Waals surface area contributed by atoms with Crippen molar-refractivity contribution in [3.8, 4) is 17.5 Å². The lowest BCUT2D eigenvalue weighted by atomic mass is 10.1. The van der Waals surface area contributed by atoms with Gasteiger partial charge in [0.2, 0.25) is 11.9 Å². The van der Waals surface area contributed by atoms with Crippen molar-refractivity contribution in [2.45, 2.75) is 6.54 Å². The highest BCUT2D eigenvalue weighted by atomic mass is 35.5. The second-order valence-electron chi connectivity index (χ2n) is 9.93. The first kappa shape index (κ1) is 30.4. The molecule has 0 atom stereocenters. The molecule has 0 saturated carbocycles. The van der Waals surface area contributed by atoms with Crippen LogP contribution in [0.15, 0.2) is 41.3 Å². The average molecular weight is 660 g/mol. The van der Waals surface area contributed by atoms with Gasteiger partial charge in [-0.15, -0.1) is 0 Å². The fraction of sp³-hybridized carbons (Fsp3) is 0.345. The van der Waals surface area contributed by atoms with Crippen molar-refractivity contribution >= 4 is 64.1 Å². The number of hydrogen-bond acceptors (Lipinski definition) is 12. The average Bonchev–Trinajstić information content (AvgIpc) is 3.30. The van der Waals surface area contributed by atoms with E-state index in [1.807, 2.05) is 9.80 Å². The molecule has 6 rings (SSSR count). The van der Waals surface area contributed by atoms with E-state index in [0.717, 1.165) is 16.7 Å².